The van der Waals surface area contributed by atoms with Gasteiger partial charge in [0.05, 0.1) is 24.4 Å². The molecule has 0 aromatic rings. The Hall–Kier alpha value is -1.28. The number of ether oxygens (including phenoxy) is 2. The number of carbonyl (C=O) groups is 2. The van der Waals surface area contributed by atoms with E-state index in [0.717, 1.165) is 18.4 Å². The van der Waals surface area contributed by atoms with Crippen LogP contribution in [0.4, 0.5) is 0 Å². The fourth-order valence-corrected chi connectivity index (χ4v) is 11.6. The molecular formula is C35H54O11. The Morgan fingerprint density at radius 2 is 1.76 bits per heavy atom. The first kappa shape index (κ1) is 34.6. The molecule has 2 spiro atoms. The van der Waals surface area contributed by atoms with E-state index in [9.17, 15) is 45.3 Å². The Morgan fingerprint density at radius 3 is 2.39 bits per heavy atom. The minimum atomic E-state index is -1.63. The van der Waals surface area contributed by atoms with Gasteiger partial charge in [-0.3, -0.25) is 9.59 Å². The largest absolute Gasteiger partial charge is 0.392 e. The van der Waals surface area contributed by atoms with Gasteiger partial charge in [0.15, 0.2) is 17.9 Å². The molecule has 46 heavy (non-hydrogen) atoms. The smallest absolute Gasteiger partial charge is 0.186 e. The summed E-state index contributed by atoms with van der Waals surface area (Å²) in [6, 6.07) is 0. The van der Waals surface area contributed by atoms with Crippen LogP contribution < -0.4 is 0 Å². The molecular weight excluding hydrogens is 596 g/mol. The summed E-state index contributed by atoms with van der Waals surface area (Å²) >= 11 is 0. The maximum absolute atomic E-state index is 14.0. The molecule has 0 aromatic carbocycles. The van der Waals surface area contributed by atoms with Crippen molar-refractivity contribution in [3.05, 3.63) is 11.6 Å². The topological polar surface area (TPSA) is 194 Å². The lowest BCUT2D eigenvalue weighted by Gasteiger charge is -2.61. The average Bonchev–Trinajstić information content (AvgIpc) is 3.62. The van der Waals surface area contributed by atoms with Gasteiger partial charge in [0.25, 0.3) is 0 Å². The van der Waals surface area contributed by atoms with Crippen molar-refractivity contribution in [1.29, 1.82) is 0 Å². The lowest BCUT2D eigenvalue weighted by atomic mass is 9.44. The molecule has 0 aromatic heterocycles. The van der Waals surface area contributed by atoms with Gasteiger partial charge in [-0.1, -0.05) is 46.3 Å². The molecule has 6 rings (SSSR count). The van der Waals surface area contributed by atoms with Crippen LogP contribution in [0.5, 0.6) is 0 Å². The summed E-state index contributed by atoms with van der Waals surface area (Å²) in [4.78, 5) is 27.0. The normalized spacial score (nSPS) is 50.8. The Balaban J connectivity index is 1.30. The zero-order valence-corrected chi connectivity index (χ0v) is 28.1. The summed E-state index contributed by atoms with van der Waals surface area (Å²) in [5, 5.41) is 75.3. The fraction of sp³-hybridized carbons (Fsp3) is 0.886. The highest BCUT2D eigenvalue weighted by Gasteiger charge is 2.85. The third kappa shape index (κ3) is 4.29. The van der Waals surface area contributed by atoms with E-state index in [0.29, 0.717) is 12.8 Å². The number of ketones is 2. The van der Waals surface area contributed by atoms with E-state index in [1.165, 1.54) is 13.8 Å². The summed E-state index contributed by atoms with van der Waals surface area (Å²) in [5.74, 6) is -2.09. The number of allylic oxidation sites excluding steroid dienone is 1. The molecule has 0 amide bonds. The van der Waals surface area contributed by atoms with Crippen LogP contribution in [-0.4, -0.2) is 109 Å². The van der Waals surface area contributed by atoms with Crippen LogP contribution in [-0.2, 0) is 19.1 Å². The lowest BCUT2D eigenvalue weighted by molar-refractivity contribution is -0.301. The van der Waals surface area contributed by atoms with E-state index < -0.39 is 87.8 Å². The molecule has 0 unspecified atom stereocenters. The van der Waals surface area contributed by atoms with Crippen molar-refractivity contribution in [2.75, 3.05) is 6.61 Å². The first-order valence-corrected chi connectivity index (χ1v) is 17.0. The molecule has 7 N–H and O–H groups in total. The number of Topliss-reactive ketones (excluding diaryl/α,β-unsaturated/α-hetero) is 2. The van der Waals surface area contributed by atoms with E-state index >= 15 is 0 Å². The first-order valence-electron chi connectivity index (χ1n) is 17.0. The Morgan fingerprint density at radius 1 is 1.11 bits per heavy atom. The van der Waals surface area contributed by atoms with Gasteiger partial charge in [0.1, 0.15) is 30.5 Å². The number of carbonyl (C=O) groups excluding carboxylic acids is 2. The number of fused-ring (bicyclic) bond motifs is 2. The van der Waals surface area contributed by atoms with Gasteiger partial charge >= 0.3 is 0 Å². The molecule has 6 aliphatic rings. The zero-order chi connectivity index (χ0) is 34.2. The van der Waals surface area contributed by atoms with Crippen molar-refractivity contribution in [2.24, 2.45) is 44.8 Å². The Bertz CT molecular complexity index is 1310. The van der Waals surface area contributed by atoms with Crippen molar-refractivity contribution in [3.8, 4) is 0 Å². The van der Waals surface area contributed by atoms with Crippen molar-refractivity contribution >= 4 is 11.6 Å². The molecule has 1 saturated heterocycles. The van der Waals surface area contributed by atoms with E-state index in [1.807, 2.05) is 13.8 Å². The van der Waals surface area contributed by atoms with Gasteiger partial charge in [0, 0.05) is 23.2 Å². The first-order chi connectivity index (χ1) is 21.1. The monoisotopic (exact) mass is 650 g/mol. The van der Waals surface area contributed by atoms with Crippen molar-refractivity contribution < 1.29 is 54.8 Å². The minimum absolute atomic E-state index is 0.0891. The molecule has 260 valence electrons. The summed E-state index contributed by atoms with van der Waals surface area (Å²) < 4.78 is 11.9. The molecule has 15 atom stereocenters. The molecule has 5 fully saturated rings. The van der Waals surface area contributed by atoms with Gasteiger partial charge in [0.2, 0.25) is 0 Å². The van der Waals surface area contributed by atoms with E-state index in [1.54, 1.807) is 6.92 Å². The number of rotatable bonds is 7. The molecule has 11 nitrogen and oxygen atoms in total. The quantitative estimate of drug-likeness (QED) is 0.195. The molecule has 0 radical (unpaired) electrons. The van der Waals surface area contributed by atoms with Crippen molar-refractivity contribution in [1.82, 2.24) is 0 Å². The predicted molar refractivity (Wildman–Crippen MR) is 164 cm³/mol. The van der Waals surface area contributed by atoms with Crippen LogP contribution >= 0.6 is 0 Å². The molecule has 4 saturated carbocycles. The van der Waals surface area contributed by atoms with Gasteiger partial charge in [-0.15, -0.1) is 0 Å². The van der Waals surface area contributed by atoms with Gasteiger partial charge in [-0.2, -0.15) is 0 Å². The number of aliphatic hydroxyl groups excluding tert-OH is 6. The SMILES string of the molecule is C[C@H](CC(=O)[C@H](O)C(C)(C)O)[C@H]1C(=O)[C@H](O)[C@@]2(C)C3=CC[C@H]4C(C)(C)[C@@H](O[C@@H]5OC[C@@H](O)[C@@H](O)[C@@H]5O)CC[C@@]45C[C@@]35[C@@H](O)C[C@]12C. The standard InChI is InChI=1S/C35H54O11/c1-16(12-17(36)27(42)31(4,5)44)23-25(40)28(43)33(7)20-9-8-19-30(2,3)22(46-29-26(41)24(39)18(37)14-45-29)10-11-34(19)15-35(20,34)21(38)13-32(23,33)6/h9,16,18-19,21-24,26-29,37-39,41-44H,8,10-15H2,1-7H3/t16-,18-,19+,21+,22+,23+,24-,26+,27+,28+,29+,32-,33-,34-,35+/m1/s1. The summed E-state index contributed by atoms with van der Waals surface area (Å²) in [7, 11) is 0. The fourth-order valence-electron chi connectivity index (χ4n) is 11.6. The highest BCUT2D eigenvalue weighted by atomic mass is 16.7. The second-order valence-corrected chi connectivity index (χ2v) is 17.3. The third-order valence-electron chi connectivity index (χ3n) is 14.2. The predicted octanol–water partition coefficient (Wildman–Crippen LogP) is 1.02. The van der Waals surface area contributed by atoms with Gasteiger partial charge < -0.3 is 45.2 Å². The third-order valence-corrected chi connectivity index (χ3v) is 14.2. The highest BCUT2D eigenvalue weighted by molar-refractivity contribution is 5.92. The van der Waals surface area contributed by atoms with Gasteiger partial charge in [-0.05, 0) is 74.0 Å². The van der Waals surface area contributed by atoms with Crippen LogP contribution in [0.25, 0.3) is 0 Å². The van der Waals surface area contributed by atoms with Crippen LogP contribution in [0.15, 0.2) is 11.6 Å². The minimum Gasteiger partial charge on any atom is -0.392 e. The maximum Gasteiger partial charge on any atom is 0.186 e. The summed E-state index contributed by atoms with van der Waals surface area (Å²) in [6.45, 7) is 12.5. The molecule has 11 heteroatoms. The molecule has 5 aliphatic carbocycles. The summed E-state index contributed by atoms with van der Waals surface area (Å²) in [5.41, 5.74) is -3.82. The van der Waals surface area contributed by atoms with Gasteiger partial charge in [-0.25, -0.2) is 0 Å². The second kappa shape index (κ2) is 10.6. The molecule has 1 heterocycles. The lowest BCUT2D eigenvalue weighted by Crippen LogP contribution is -2.60. The van der Waals surface area contributed by atoms with Crippen LogP contribution in [0.1, 0.15) is 87.0 Å². The average molecular weight is 651 g/mol. The Labute approximate surface area is 271 Å². The van der Waals surface area contributed by atoms with Crippen LogP contribution in [0.2, 0.25) is 0 Å². The maximum atomic E-state index is 14.0. The van der Waals surface area contributed by atoms with Crippen LogP contribution in [0.3, 0.4) is 0 Å². The van der Waals surface area contributed by atoms with Crippen molar-refractivity contribution in [3.63, 3.8) is 0 Å². The van der Waals surface area contributed by atoms with Crippen molar-refractivity contribution in [2.45, 2.75) is 142 Å². The summed E-state index contributed by atoms with van der Waals surface area (Å²) in [6.07, 6.45) is -4.04. The van der Waals surface area contributed by atoms with Crippen LogP contribution in [0, 0.1) is 44.8 Å². The molecule has 1 aliphatic heterocycles. The number of hydrogen-bond acceptors (Lipinski definition) is 11. The van der Waals surface area contributed by atoms with E-state index in [2.05, 4.69) is 19.9 Å². The van der Waals surface area contributed by atoms with E-state index in [-0.39, 0.29) is 42.7 Å². The highest BCUT2D eigenvalue weighted by Crippen LogP contribution is 2.87. The second-order valence-electron chi connectivity index (χ2n) is 17.3. The molecule has 0 bridgehead atoms. The zero-order valence-electron chi connectivity index (χ0n) is 28.1. The Kier molecular flexibility index (Phi) is 7.98. The number of aliphatic hydroxyl groups is 7. The number of hydrogen-bond donors (Lipinski definition) is 7. The van der Waals surface area contributed by atoms with E-state index in [4.69, 9.17) is 9.47 Å².